The Kier molecular flexibility index (Phi) is 5.36. The van der Waals surface area contributed by atoms with Crippen molar-refractivity contribution in [2.45, 2.75) is 13.5 Å². The average Bonchev–Trinajstić information content (AvgIpc) is 2.45. The molecule has 0 saturated carbocycles. The summed E-state index contributed by atoms with van der Waals surface area (Å²) in [5.74, 6) is 1.37. The summed E-state index contributed by atoms with van der Waals surface area (Å²) in [7, 11) is 1.62. The first kappa shape index (κ1) is 16.0. The molecule has 0 atom stereocenters. The maximum atomic E-state index is 10.8. The van der Waals surface area contributed by atoms with Crippen LogP contribution in [0.25, 0.3) is 0 Å². The summed E-state index contributed by atoms with van der Waals surface area (Å²) < 4.78 is 12.4. The smallest absolute Gasteiger partial charge is 0.150 e. The van der Waals surface area contributed by atoms with Crippen LogP contribution in [0.5, 0.6) is 11.5 Å². The first-order valence-electron chi connectivity index (χ1n) is 6.12. The molecule has 4 nitrogen and oxygen atoms in total. The molecule has 0 radical (unpaired) electrons. The summed E-state index contributed by atoms with van der Waals surface area (Å²) in [6.07, 6.45) is 0.784. The monoisotopic (exact) mass is 413 g/mol. The Labute approximate surface area is 139 Å². The van der Waals surface area contributed by atoms with Gasteiger partial charge >= 0.3 is 0 Å². The minimum atomic E-state index is 0.301. The molecule has 1 aromatic carbocycles. The van der Waals surface area contributed by atoms with Gasteiger partial charge in [0.05, 0.1) is 21.7 Å². The second-order valence-electron chi connectivity index (χ2n) is 4.36. The molecule has 110 valence electrons. The molecular weight excluding hydrogens is 402 g/mol. The van der Waals surface area contributed by atoms with Gasteiger partial charge in [-0.3, -0.25) is 9.78 Å². The third kappa shape index (κ3) is 4.04. The number of aryl methyl sites for hydroxylation is 1. The second kappa shape index (κ2) is 7.04. The van der Waals surface area contributed by atoms with E-state index in [4.69, 9.17) is 9.47 Å². The Hall–Kier alpha value is -1.40. The van der Waals surface area contributed by atoms with Gasteiger partial charge in [-0.1, -0.05) is 0 Å². The lowest BCUT2D eigenvalue weighted by Crippen LogP contribution is -2.01. The molecule has 2 rings (SSSR count). The average molecular weight is 415 g/mol. The lowest BCUT2D eigenvalue weighted by Gasteiger charge is -2.11. The van der Waals surface area contributed by atoms with Crippen LogP contribution >= 0.6 is 31.9 Å². The van der Waals surface area contributed by atoms with Gasteiger partial charge in [-0.2, -0.15) is 0 Å². The molecule has 1 aromatic heterocycles. The Bertz CT molecular complexity index is 651. The fourth-order valence-electron chi connectivity index (χ4n) is 1.83. The van der Waals surface area contributed by atoms with Crippen LogP contribution in [0.3, 0.4) is 0 Å². The summed E-state index contributed by atoms with van der Waals surface area (Å²) in [6.45, 7) is 2.20. The zero-order chi connectivity index (χ0) is 15.4. The van der Waals surface area contributed by atoms with E-state index in [1.807, 2.05) is 19.1 Å². The zero-order valence-electron chi connectivity index (χ0n) is 11.5. The van der Waals surface area contributed by atoms with Crippen molar-refractivity contribution in [3.8, 4) is 11.5 Å². The van der Waals surface area contributed by atoms with Crippen molar-refractivity contribution in [2.75, 3.05) is 7.11 Å². The van der Waals surface area contributed by atoms with Crippen molar-refractivity contribution in [2.24, 2.45) is 0 Å². The number of carbonyl (C=O) groups excluding carboxylic acids is 1. The normalized spacial score (nSPS) is 10.3. The number of ether oxygens (including phenoxy) is 2. The minimum Gasteiger partial charge on any atom is -0.497 e. The number of halogens is 2. The first-order valence-corrected chi connectivity index (χ1v) is 7.70. The Balaban J connectivity index is 2.20. The molecule has 0 aliphatic rings. The van der Waals surface area contributed by atoms with E-state index in [0.717, 1.165) is 23.4 Å². The topological polar surface area (TPSA) is 48.4 Å². The van der Waals surface area contributed by atoms with Gasteiger partial charge in [0.25, 0.3) is 0 Å². The number of carbonyl (C=O) groups is 1. The maximum Gasteiger partial charge on any atom is 0.150 e. The molecule has 0 N–H and O–H groups in total. The van der Waals surface area contributed by atoms with Crippen molar-refractivity contribution in [3.63, 3.8) is 0 Å². The predicted octanol–water partition coefficient (Wildman–Crippen LogP) is 4.32. The van der Waals surface area contributed by atoms with Crippen LogP contribution in [0.1, 0.15) is 21.7 Å². The maximum absolute atomic E-state index is 10.8. The highest BCUT2D eigenvalue weighted by atomic mass is 79.9. The molecule has 0 aliphatic carbocycles. The Morgan fingerprint density at radius 3 is 2.43 bits per heavy atom. The van der Waals surface area contributed by atoms with Gasteiger partial charge in [-0.25, -0.2) is 0 Å². The largest absolute Gasteiger partial charge is 0.497 e. The second-order valence-corrected chi connectivity index (χ2v) is 6.07. The van der Waals surface area contributed by atoms with E-state index in [1.54, 1.807) is 19.2 Å². The third-order valence-corrected chi connectivity index (χ3v) is 3.91. The van der Waals surface area contributed by atoms with E-state index in [1.165, 1.54) is 0 Å². The number of aldehydes is 1. The van der Waals surface area contributed by atoms with Gasteiger partial charge in [-0.15, -0.1) is 0 Å². The molecule has 0 bridgehead atoms. The zero-order valence-corrected chi connectivity index (χ0v) is 14.7. The van der Waals surface area contributed by atoms with Crippen LogP contribution in [0.15, 0.2) is 33.2 Å². The molecular formula is C15H13Br2NO3. The molecule has 0 amide bonds. The number of hydrogen-bond acceptors (Lipinski definition) is 4. The van der Waals surface area contributed by atoms with E-state index in [0.29, 0.717) is 26.9 Å². The van der Waals surface area contributed by atoms with E-state index in [9.17, 15) is 4.79 Å². The van der Waals surface area contributed by atoms with Crippen LogP contribution in [-0.4, -0.2) is 18.4 Å². The summed E-state index contributed by atoms with van der Waals surface area (Å²) in [4.78, 5) is 15.2. The number of pyridine rings is 1. The molecule has 0 aliphatic heterocycles. The lowest BCUT2D eigenvalue weighted by atomic mass is 10.2. The molecule has 2 aromatic rings. The SMILES string of the molecule is COc1cc(C)nc(COc2c(Br)cc(C=O)cc2Br)c1. The van der Waals surface area contributed by atoms with Gasteiger partial charge in [0.2, 0.25) is 0 Å². The van der Waals surface area contributed by atoms with Crippen molar-refractivity contribution in [3.05, 3.63) is 50.2 Å². The summed E-state index contributed by atoms with van der Waals surface area (Å²) in [5.41, 5.74) is 2.20. The van der Waals surface area contributed by atoms with Crippen molar-refractivity contribution >= 4 is 38.1 Å². The number of benzene rings is 1. The van der Waals surface area contributed by atoms with E-state index in [2.05, 4.69) is 36.8 Å². The van der Waals surface area contributed by atoms with E-state index < -0.39 is 0 Å². The van der Waals surface area contributed by atoms with Crippen LogP contribution in [0.2, 0.25) is 0 Å². The lowest BCUT2D eigenvalue weighted by molar-refractivity contribution is 0.112. The highest BCUT2D eigenvalue weighted by Crippen LogP contribution is 2.35. The minimum absolute atomic E-state index is 0.301. The van der Waals surface area contributed by atoms with Crippen LogP contribution in [0.4, 0.5) is 0 Å². The molecule has 0 saturated heterocycles. The quantitative estimate of drug-likeness (QED) is 0.683. The van der Waals surface area contributed by atoms with Crippen LogP contribution in [-0.2, 0) is 6.61 Å². The van der Waals surface area contributed by atoms with Gasteiger partial charge in [0.15, 0.2) is 0 Å². The first-order chi connectivity index (χ1) is 10.0. The van der Waals surface area contributed by atoms with Crippen molar-refractivity contribution < 1.29 is 14.3 Å². The fourth-order valence-corrected chi connectivity index (χ4v) is 3.28. The summed E-state index contributed by atoms with van der Waals surface area (Å²) in [6, 6.07) is 7.09. The Morgan fingerprint density at radius 1 is 1.19 bits per heavy atom. The Morgan fingerprint density at radius 2 is 1.86 bits per heavy atom. The molecule has 6 heteroatoms. The summed E-state index contributed by atoms with van der Waals surface area (Å²) in [5, 5.41) is 0. The fraction of sp³-hybridized carbons (Fsp3) is 0.200. The predicted molar refractivity (Wildman–Crippen MR) is 87.1 cm³/mol. The van der Waals surface area contributed by atoms with Crippen molar-refractivity contribution in [1.29, 1.82) is 0 Å². The van der Waals surface area contributed by atoms with Gasteiger partial charge in [-0.05, 0) is 50.9 Å². The molecule has 1 heterocycles. The number of methoxy groups -OCH3 is 1. The van der Waals surface area contributed by atoms with Gasteiger partial charge in [0, 0.05) is 23.4 Å². The highest BCUT2D eigenvalue weighted by Gasteiger charge is 2.10. The molecule has 21 heavy (non-hydrogen) atoms. The number of rotatable bonds is 5. The van der Waals surface area contributed by atoms with Crippen molar-refractivity contribution in [1.82, 2.24) is 4.98 Å². The standard InChI is InChI=1S/C15H13Br2NO3/c1-9-3-12(20-2)6-11(18-9)8-21-15-13(16)4-10(7-19)5-14(15)17/h3-7H,8H2,1-2H3. The summed E-state index contributed by atoms with van der Waals surface area (Å²) >= 11 is 6.79. The number of aromatic nitrogens is 1. The van der Waals surface area contributed by atoms with Gasteiger partial charge in [0.1, 0.15) is 24.4 Å². The number of nitrogens with zero attached hydrogens (tertiary/aromatic N) is 1. The molecule has 0 unspecified atom stereocenters. The highest BCUT2D eigenvalue weighted by molar-refractivity contribution is 9.11. The molecule has 0 spiro atoms. The van der Waals surface area contributed by atoms with E-state index >= 15 is 0 Å². The molecule has 0 fully saturated rings. The number of hydrogen-bond donors (Lipinski definition) is 0. The third-order valence-electron chi connectivity index (χ3n) is 2.74. The van der Waals surface area contributed by atoms with Crippen LogP contribution < -0.4 is 9.47 Å². The van der Waals surface area contributed by atoms with Crippen LogP contribution in [0, 0.1) is 6.92 Å². The van der Waals surface area contributed by atoms with E-state index in [-0.39, 0.29) is 0 Å². The van der Waals surface area contributed by atoms with Gasteiger partial charge < -0.3 is 9.47 Å².